The van der Waals surface area contributed by atoms with Gasteiger partial charge in [-0.2, -0.15) is 0 Å². The fraction of sp³-hybridized carbons (Fsp3) is 0.231. The maximum Gasteiger partial charge on any atom is 0.229 e. The lowest BCUT2D eigenvalue weighted by molar-refractivity contribution is 0.402. The van der Waals surface area contributed by atoms with Gasteiger partial charge in [-0.15, -0.1) is 0 Å². The minimum atomic E-state index is -3.36. The Bertz CT molecular complexity index is 1480. The lowest BCUT2D eigenvalue weighted by Crippen LogP contribution is -2.14. The van der Waals surface area contributed by atoms with Gasteiger partial charge in [0, 0.05) is 45.7 Å². The number of nitrogens with one attached hydrogen (secondary N) is 1. The molecular formula is C26H26FN3O3S. The fourth-order valence-electron chi connectivity index (χ4n) is 3.95. The quantitative estimate of drug-likeness (QED) is 0.392. The van der Waals surface area contributed by atoms with Crippen LogP contribution in [-0.4, -0.2) is 31.8 Å². The normalized spacial score (nSPS) is 12.1. The summed E-state index contributed by atoms with van der Waals surface area (Å²) in [7, 11) is -1.74. The van der Waals surface area contributed by atoms with Crippen LogP contribution in [0.25, 0.3) is 33.2 Å². The largest absolute Gasteiger partial charge is 0.496 e. The summed E-state index contributed by atoms with van der Waals surface area (Å²) in [6.07, 6.45) is 5.59. The number of hydrogen-bond acceptors (Lipinski definition) is 5. The first-order chi connectivity index (χ1) is 16.0. The lowest BCUT2D eigenvalue weighted by Gasteiger charge is -2.25. The maximum absolute atomic E-state index is 14.7. The van der Waals surface area contributed by atoms with Gasteiger partial charge < -0.3 is 4.74 Å². The number of nitrogens with zero attached hydrogens (tertiary/aromatic N) is 2. The molecule has 2 aromatic heterocycles. The highest BCUT2D eigenvalue weighted by molar-refractivity contribution is 7.92. The minimum Gasteiger partial charge on any atom is -0.496 e. The number of ether oxygens (including phenoxy) is 1. The Morgan fingerprint density at radius 3 is 2.26 bits per heavy atom. The minimum absolute atomic E-state index is 0.271. The zero-order chi connectivity index (χ0) is 24.7. The van der Waals surface area contributed by atoms with Crippen LogP contribution in [0.3, 0.4) is 0 Å². The third-order valence-corrected chi connectivity index (χ3v) is 6.12. The van der Waals surface area contributed by atoms with E-state index in [2.05, 4.69) is 30.5 Å². The number of fused-ring (bicyclic) bond motifs is 1. The second-order valence-electron chi connectivity index (χ2n) is 9.18. The maximum atomic E-state index is 14.7. The van der Waals surface area contributed by atoms with Crippen molar-refractivity contribution in [1.29, 1.82) is 0 Å². The Labute approximate surface area is 198 Å². The number of halogens is 1. The topological polar surface area (TPSA) is 81.2 Å². The summed E-state index contributed by atoms with van der Waals surface area (Å²) in [6.45, 7) is 6.23. The first-order valence-corrected chi connectivity index (χ1v) is 12.6. The van der Waals surface area contributed by atoms with Crippen molar-refractivity contribution in [2.24, 2.45) is 0 Å². The van der Waals surface area contributed by atoms with Crippen molar-refractivity contribution >= 4 is 26.6 Å². The Kier molecular flexibility index (Phi) is 6.03. The molecule has 34 heavy (non-hydrogen) atoms. The van der Waals surface area contributed by atoms with Gasteiger partial charge in [0.15, 0.2) is 0 Å². The molecule has 0 bridgehead atoms. The average molecular weight is 480 g/mol. The predicted octanol–water partition coefficient (Wildman–Crippen LogP) is 5.78. The molecule has 6 nitrogen and oxygen atoms in total. The smallest absolute Gasteiger partial charge is 0.229 e. The average Bonchev–Trinajstić information content (AvgIpc) is 2.77. The molecule has 0 atom stereocenters. The lowest BCUT2D eigenvalue weighted by atomic mass is 9.83. The second kappa shape index (κ2) is 8.68. The summed E-state index contributed by atoms with van der Waals surface area (Å²) in [5.74, 6) is 0.263. The van der Waals surface area contributed by atoms with E-state index in [4.69, 9.17) is 9.72 Å². The van der Waals surface area contributed by atoms with Crippen molar-refractivity contribution in [3.05, 3.63) is 72.4 Å². The second-order valence-corrected chi connectivity index (χ2v) is 10.9. The van der Waals surface area contributed by atoms with Gasteiger partial charge in [-0.3, -0.25) is 14.7 Å². The Hall–Kier alpha value is -3.52. The zero-order valence-electron chi connectivity index (χ0n) is 19.7. The summed E-state index contributed by atoms with van der Waals surface area (Å²) < 4.78 is 46.0. The molecule has 0 unspecified atom stereocenters. The van der Waals surface area contributed by atoms with Crippen LogP contribution in [0.15, 0.2) is 61.1 Å². The molecule has 4 rings (SSSR count). The highest BCUT2D eigenvalue weighted by Gasteiger charge is 2.25. The molecule has 0 fully saturated rings. The third kappa shape index (κ3) is 4.72. The van der Waals surface area contributed by atoms with E-state index in [-0.39, 0.29) is 5.41 Å². The molecule has 0 saturated heterocycles. The first kappa shape index (κ1) is 23.6. The van der Waals surface area contributed by atoms with Crippen molar-refractivity contribution in [3.63, 3.8) is 0 Å². The monoisotopic (exact) mass is 479 g/mol. The molecule has 2 aromatic carbocycles. The van der Waals surface area contributed by atoms with Crippen LogP contribution in [0.1, 0.15) is 26.3 Å². The molecule has 0 aliphatic heterocycles. The van der Waals surface area contributed by atoms with E-state index >= 15 is 0 Å². The van der Waals surface area contributed by atoms with Gasteiger partial charge in [0.2, 0.25) is 10.0 Å². The van der Waals surface area contributed by atoms with Crippen LogP contribution in [0.2, 0.25) is 0 Å². The van der Waals surface area contributed by atoms with Crippen molar-refractivity contribution in [2.45, 2.75) is 26.2 Å². The van der Waals surface area contributed by atoms with E-state index in [9.17, 15) is 12.8 Å². The summed E-state index contributed by atoms with van der Waals surface area (Å²) in [5.41, 5.74) is 4.52. The highest BCUT2D eigenvalue weighted by atomic mass is 32.2. The van der Waals surface area contributed by atoms with E-state index in [1.807, 2.05) is 24.3 Å². The van der Waals surface area contributed by atoms with Crippen LogP contribution in [0.5, 0.6) is 5.75 Å². The standard InChI is InChI=1S/C26H26FN3O3S/c1-26(2,3)22-13-20(19-10-11-28-15-23(19)27)24-21(25(22)33-4)12-17(14-29-24)16-6-8-18(9-7-16)30-34(5,31)32/h6-15,30H,1-5H3. The van der Waals surface area contributed by atoms with Crippen LogP contribution in [0, 0.1) is 5.82 Å². The summed E-state index contributed by atoms with van der Waals surface area (Å²) in [5, 5.41) is 0.761. The molecule has 0 amide bonds. The number of pyridine rings is 2. The zero-order valence-corrected chi connectivity index (χ0v) is 20.5. The van der Waals surface area contributed by atoms with E-state index in [1.54, 1.807) is 37.7 Å². The molecular weight excluding hydrogens is 453 g/mol. The van der Waals surface area contributed by atoms with E-state index < -0.39 is 15.8 Å². The molecule has 4 aromatic rings. The predicted molar refractivity (Wildman–Crippen MR) is 134 cm³/mol. The summed E-state index contributed by atoms with van der Waals surface area (Å²) in [4.78, 5) is 8.59. The molecule has 0 aliphatic rings. The Balaban J connectivity index is 1.95. The molecule has 1 N–H and O–H groups in total. The van der Waals surface area contributed by atoms with Crippen LogP contribution >= 0.6 is 0 Å². The third-order valence-electron chi connectivity index (χ3n) is 5.52. The number of hydrogen-bond donors (Lipinski definition) is 1. The molecule has 8 heteroatoms. The van der Waals surface area contributed by atoms with Crippen molar-refractivity contribution in [3.8, 4) is 28.0 Å². The van der Waals surface area contributed by atoms with Crippen molar-refractivity contribution in [1.82, 2.24) is 9.97 Å². The van der Waals surface area contributed by atoms with Crippen molar-refractivity contribution in [2.75, 3.05) is 18.1 Å². The SMILES string of the molecule is COc1c(C(C)(C)C)cc(-c2ccncc2F)c2ncc(-c3ccc(NS(C)(=O)=O)cc3)cc12. The number of benzene rings is 2. The van der Waals surface area contributed by atoms with Gasteiger partial charge in [0.05, 0.1) is 25.1 Å². The highest BCUT2D eigenvalue weighted by Crippen LogP contribution is 2.43. The Morgan fingerprint density at radius 1 is 0.971 bits per heavy atom. The molecule has 2 heterocycles. The number of aromatic nitrogens is 2. The van der Waals surface area contributed by atoms with Gasteiger partial charge in [0.1, 0.15) is 11.6 Å². The fourth-order valence-corrected chi connectivity index (χ4v) is 4.52. The van der Waals surface area contributed by atoms with Crippen molar-refractivity contribution < 1.29 is 17.5 Å². The van der Waals surface area contributed by atoms with E-state index in [1.165, 1.54) is 6.20 Å². The Morgan fingerprint density at radius 2 is 1.68 bits per heavy atom. The van der Waals surface area contributed by atoms with Gasteiger partial charge in [-0.05, 0) is 41.3 Å². The number of sulfonamides is 1. The van der Waals surface area contributed by atoms with Crippen LogP contribution in [0.4, 0.5) is 10.1 Å². The first-order valence-electron chi connectivity index (χ1n) is 10.7. The van der Waals surface area contributed by atoms with Gasteiger partial charge in [-0.25, -0.2) is 12.8 Å². The number of anilines is 1. The molecule has 0 saturated carbocycles. The molecule has 0 aliphatic carbocycles. The summed E-state index contributed by atoms with van der Waals surface area (Å²) >= 11 is 0. The van der Waals surface area contributed by atoms with E-state index in [0.29, 0.717) is 28.1 Å². The molecule has 176 valence electrons. The van der Waals surface area contributed by atoms with E-state index in [0.717, 1.165) is 28.3 Å². The van der Waals surface area contributed by atoms with Gasteiger partial charge in [0.25, 0.3) is 0 Å². The van der Waals surface area contributed by atoms with Gasteiger partial charge in [-0.1, -0.05) is 32.9 Å². The number of rotatable bonds is 5. The summed E-state index contributed by atoms with van der Waals surface area (Å²) in [6, 6.07) is 12.6. The number of methoxy groups -OCH3 is 1. The van der Waals surface area contributed by atoms with Gasteiger partial charge >= 0.3 is 0 Å². The van der Waals surface area contributed by atoms with Crippen LogP contribution < -0.4 is 9.46 Å². The van der Waals surface area contributed by atoms with Crippen LogP contribution in [-0.2, 0) is 15.4 Å². The molecule has 0 radical (unpaired) electrons. The molecule has 0 spiro atoms.